The van der Waals surface area contributed by atoms with Crippen molar-refractivity contribution in [2.75, 3.05) is 36.9 Å². The smallest absolute Gasteiger partial charge is 0.305 e. The maximum Gasteiger partial charge on any atom is 0.305 e. The molecule has 0 radical (unpaired) electrons. The molecular weight excluding hydrogens is 373 g/mol. The van der Waals surface area contributed by atoms with Gasteiger partial charge in [0.25, 0.3) is 0 Å². The molecule has 0 saturated heterocycles. The Balaban J connectivity index is 0.00000163. The van der Waals surface area contributed by atoms with E-state index < -0.39 is 0 Å². The molecule has 1 heterocycles. The number of anilines is 1. The van der Waals surface area contributed by atoms with Gasteiger partial charge in [-0.15, -0.1) is 23.2 Å². The third-order valence-corrected chi connectivity index (χ3v) is 4.38. The van der Waals surface area contributed by atoms with Gasteiger partial charge >= 0.3 is 5.97 Å². The summed E-state index contributed by atoms with van der Waals surface area (Å²) >= 11 is 11.8. The van der Waals surface area contributed by atoms with Gasteiger partial charge in [-0.25, -0.2) is 4.98 Å². The molecule has 0 atom stereocenters. The molecule has 1 aromatic heterocycles. The number of alkyl halides is 2. The quantitative estimate of drug-likeness (QED) is 0.461. The van der Waals surface area contributed by atoms with E-state index in [2.05, 4.69) is 32.4 Å². The van der Waals surface area contributed by atoms with Gasteiger partial charge in [-0.2, -0.15) is 0 Å². The van der Waals surface area contributed by atoms with E-state index in [0.29, 0.717) is 18.2 Å². The number of rotatable bonds is 9. The van der Waals surface area contributed by atoms with Crippen LogP contribution in [0.15, 0.2) is 18.2 Å². The predicted molar refractivity (Wildman–Crippen MR) is 111 cm³/mol. The van der Waals surface area contributed by atoms with Crippen molar-refractivity contribution in [1.82, 2.24) is 9.55 Å². The molecule has 0 bridgehead atoms. The molecule has 1 aromatic carbocycles. The number of aryl methyl sites for hydroxylation is 2. The van der Waals surface area contributed by atoms with Crippen molar-refractivity contribution in [2.24, 2.45) is 7.05 Å². The summed E-state index contributed by atoms with van der Waals surface area (Å²) in [5, 5.41) is 0. The number of hydrogen-bond acceptors (Lipinski definition) is 4. The zero-order valence-electron chi connectivity index (χ0n) is 16.1. The van der Waals surface area contributed by atoms with E-state index in [0.717, 1.165) is 48.5 Å². The van der Waals surface area contributed by atoms with Crippen LogP contribution in [0.1, 0.15) is 32.5 Å². The van der Waals surface area contributed by atoms with Gasteiger partial charge in [0.15, 0.2) is 0 Å². The molecule has 0 fully saturated rings. The number of methoxy groups -OCH3 is 1. The summed E-state index contributed by atoms with van der Waals surface area (Å²) in [5.74, 6) is 1.88. The third-order valence-electron chi connectivity index (χ3n) is 4.04. The Labute approximate surface area is 166 Å². The van der Waals surface area contributed by atoms with E-state index in [1.165, 1.54) is 7.11 Å². The lowest BCUT2D eigenvalue weighted by molar-refractivity contribution is -0.140. The minimum Gasteiger partial charge on any atom is -0.469 e. The molecule has 0 aliphatic heterocycles. The molecule has 0 aliphatic rings. The van der Waals surface area contributed by atoms with Crippen molar-refractivity contribution >= 4 is 45.9 Å². The summed E-state index contributed by atoms with van der Waals surface area (Å²) in [5.41, 5.74) is 3.09. The number of nitrogens with zero attached hydrogens (tertiary/aromatic N) is 3. The van der Waals surface area contributed by atoms with Gasteiger partial charge in [-0.05, 0) is 24.6 Å². The number of hydrogen-bond donors (Lipinski definition) is 0. The van der Waals surface area contributed by atoms with Crippen LogP contribution < -0.4 is 4.90 Å². The molecule has 2 aromatic rings. The van der Waals surface area contributed by atoms with E-state index >= 15 is 0 Å². The molecule has 0 spiro atoms. The first kappa shape index (κ1) is 22.6. The number of carbonyl (C=O) groups is 1. The first-order chi connectivity index (χ1) is 12.6. The molecule has 2 rings (SSSR count). The Morgan fingerprint density at radius 1 is 1.23 bits per heavy atom. The number of carbonyl (C=O) groups excluding carboxylic acids is 1. The van der Waals surface area contributed by atoms with E-state index in [1.807, 2.05) is 20.9 Å². The Bertz CT molecular complexity index is 683. The number of fused-ring (bicyclic) bond motifs is 1. The molecule has 146 valence electrons. The third kappa shape index (κ3) is 6.06. The van der Waals surface area contributed by atoms with Gasteiger partial charge in [0.05, 0.1) is 18.1 Å². The van der Waals surface area contributed by atoms with Crippen LogP contribution >= 0.6 is 23.2 Å². The Kier molecular flexibility index (Phi) is 10.4. The van der Waals surface area contributed by atoms with Gasteiger partial charge in [0.2, 0.25) is 0 Å². The van der Waals surface area contributed by atoms with Crippen molar-refractivity contribution in [3.05, 3.63) is 24.0 Å². The van der Waals surface area contributed by atoms with Crippen LogP contribution in [0.5, 0.6) is 0 Å². The van der Waals surface area contributed by atoms with Gasteiger partial charge in [-0.1, -0.05) is 13.8 Å². The van der Waals surface area contributed by atoms with Gasteiger partial charge in [0, 0.05) is 50.4 Å². The summed E-state index contributed by atoms with van der Waals surface area (Å²) in [7, 11) is 3.41. The summed E-state index contributed by atoms with van der Waals surface area (Å²) in [6.45, 7) is 5.50. The summed E-state index contributed by atoms with van der Waals surface area (Å²) in [6.07, 6.45) is 1.87. The second kappa shape index (κ2) is 12.0. The van der Waals surface area contributed by atoms with Crippen LogP contribution in [-0.4, -0.2) is 47.5 Å². The average molecular weight is 402 g/mol. The summed E-state index contributed by atoms with van der Waals surface area (Å²) < 4.78 is 6.75. The Morgan fingerprint density at radius 2 is 1.88 bits per heavy atom. The number of halogens is 2. The normalized spacial score (nSPS) is 10.4. The number of esters is 1. The Morgan fingerprint density at radius 3 is 2.46 bits per heavy atom. The number of ether oxygens (including phenoxy) is 1. The molecule has 0 saturated carbocycles. The van der Waals surface area contributed by atoms with Crippen LogP contribution in [0, 0.1) is 0 Å². The van der Waals surface area contributed by atoms with Crippen molar-refractivity contribution in [3.8, 4) is 0 Å². The van der Waals surface area contributed by atoms with Crippen molar-refractivity contribution < 1.29 is 9.53 Å². The largest absolute Gasteiger partial charge is 0.469 e. The predicted octanol–water partition coefficient (Wildman–Crippen LogP) is 4.38. The molecule has 7 heteroatoms. The minimum atomic E-state index is -0.186. The second-order valence-corrected chi connectivity index (χ2v) is 6.31. The SMILES string of the molecule is CC.COC(=O)CCCc1nc2cc(N(CCCl)CCCl)ccc2n1C. The van der Waals surface area contributed by atoms with Gasteiger partial charge < -0.3 is 14.2 Å². The lowest BCUT2D eigenvalue weighted by atomic mass is 10.2. The Hall–Kier alpha value is -1.46. The lowest BCUT2D eigenvalue weighted by Gasteiger charge is -2.22. The fourth-order valence-electron chi connectivity index (χ4n) is 2.73. The fourth-order valence-corrected chi connectivity index (χ4v) is 3.13. The van der Waals surface area contributed by atoms with Crippen LogP contribution in [-0.2, 0) is 23.0 Å². The molecular formula is C19H29Cl2N3O2. The first-order valence-corrected chi connectivity index (χ1v) is 10.1. The average Bonchev–Trinajstić information content (AvgIpc) is 2.98. The van der Waals surface area contributed by atoms with Crippen LogP contribution in [0.25, 0.3) is 11.0 Å². The van der Waals surface area contributed by atoms with Crippen LogP contribution in [0.4, 0.5) is 5.69 Å². The van der Waals surface area contributed by atoms with Crippen molar-refractivity contribution in [3.63, 3.8) is 0 Å². The highest BCUT2D eigenvalue weighted by atomic mass is 35.5. The fraction of sp³-hybridized carbons (Fsp3) is 0.579. The summed E-state index contributed by atoms with van der Waals surface area (Å²) in [4.78, 5) is 18.1. The molecule has 0 unspecified atom stereocenters. The zero-order chi connectivity index (χ0) is 19.5. The highest BCUT2D eigenvalue weighted by Gasteiger charge is 2.12. The molecule has 0 aliphatic carbocycles. The molecule has 26 heavy (non-hydrogen) atoms. The molecule has 0 amide bonds. The first-order valence-electron chi connectivity index (χ1n) is 8.99. The highest BCUT2D eigenvalue weighted by molar-refractivity contribution is 6.18. The topological polar surface area (TPSA) is 47.4 Å². The number of benzene rings is 1. The van der Waals surface area contributed by atoms with E-state index in [-0.39, 0.29) is 5.97 Å². The maximum atomic E-state index is 11.2. The maximum absolute atomic E-state index is 11.2. The van der Waals surface area contributed by atoms with Crippen LogP contribution in [0.3, 0.4) is 0 Å². The van der Waals surface area contributed by atoms with Crippen molar-refractivity contribution in [1.29, 1.82) is 0 Å². The van der Waals surface area contributed by atoms with Gasteiger partial charge in [0.1, 0.15) is 5.82 Å². The van der Waals surface area contributed by atoms with Crippen LogP contribution in [0.2, 0.25) is 0 Å². The summed E-state index contributed by atoms with van der Waals surface area (Å²) in [6, 6.07) is 6.20. The second-order valence-electron chi connectivity index (χ2n) is 5.55. The monoisotopic (exact) mass is 401 g/mol. The van der Waals surface area contributed by atoms with Crippen molar-refractivity contribution in [2.45, 2.75) is 33.1 Å². The standard InChI is InChI=1S/C17H23Cl2N3O2.C2H6/c1-21-15-7-6-13(22(10-8-18)11-9-19)12-14(15)20-16(21)4-3-5-17(23)24-2;1-2/h6-7,12H,3-5,8-11H2,1-2H3;1-2H3. The number of aromatic nitrogens is 2. The lowest BCUT2D eigenvalue weighted by Crippen LogP contribution is -2.27. The van der Waals surface area contributed by atoms with Gasteiger partial charge in [-0.3, -0.25) is 4.79 Å². The highest BCUT2D eigenvalue weighted by Crippen LogP contribution is 2.23. The minimum absolute atomic E-state index is 0.186. The van der Waals surface area contributed by atoms with E-state index in [9.17, 15) is 4.79 Å². The molecule has 0 N–H and O–H groups in total. The van der Waals surface area contributed by atoms with E-state index in [4.69, 9.17) is 28.2 Å². The number of imidazole rings is 1. The zero-order valence-corrected chi connectivity index (χ0v) is 17.6. The molecule has 5 nitrogen and oxygen atoms in total. The van der Waals surface area contributed by atoms with E-state index in [1.54, 1.807) is 0 Å².